The summed E-state index contributed by atoms with van der Waals surface area (Å²) in [7, 11) is 0. The number of hydrogen-bond acceptors (Lipinski definition) is 4. The molecule has 5 rings (SSSR count). The topological polar surface area (TPSA) is 55.8 Å². The van der Waals surface area contributed by atoms with Gasteiger partial charge in [-0.1, -0.05) is 0 Å². The lowest BCUT2D eigenvalue weighted by molar-refractivity contribution is -0.204. The van der Waals surface area contributed by atoms with Gasteiger partial charge in [0.2, 0.25) is 0 Å². The van der Waals surface area contributed by atoms with Crippen LogP contribution in [0, 0.1) is 30.8 Å². The van der Waals surface area contributed by atoms with Crippen LogP contribution in [0.5, 0.6) is 11.5 Å². The molecule has 0 amide bonds. The molecule has 0 spiro atoms. The Hall–Kier alpha value is -0.250. The fourth-order valence-corrected chi connectivity index (χ4v) is 6.37. The highest BCUT2D eigenvalue weighted by molar-refractivity contribution is 14.1. The van der Waals surface area contributed by atoms with Crippen LogP contribution in [0.3, 0.4) is 0 Å². The predicted molar refractivity (Wildman–Crippen MR) is 111 cm³/mol. The van der Waals surface area contributed by atoms with E-state index in [0.717, 1.165) is 15.4 Å². The maximum absolute atomic E-state index is 12.5. The van der Waals surface area contributed by atoms with E-state index < -0.39 is 0 Å². The van der Waals surface area contributed by atoms with Crippen molar-refractivity contribution >= 4 is 51.2 Å². The molecule has 4 fully saturated rings. The molecule has 4 nitrogen and oxygen atoms in total. The van der Waals surface area contributed by atoms with Gasteiger partial charge in [0.1, 0.15) is 17.1 Å². The lowest BCUT2D eigenvalue weighted by Crippen LogP contribution is -2.58. The number of ether oxygens (including phenoxy) is 2. The number of hydrogen-bond donors (Lipinski definition) is 1. The standard InChI is InChI=1S/C19H22I2O4/c1-19(12-3-10-2-11(5-12)6-13(19)4-10)25-18(23)9-24-17-8-14(20)16(22)7-15(17)21/h7-8,10-13,22H,2-6,9H2,1H3. The highest BCUT2D eigenvalue weighted by atomic mass is 127. The molecular weight excluding hydrogens is 546 g/mol. The van der Waals surface area contributed by atoms with Crippen molar-refractivity contribution in [2.24, 2.45) is 23.7 Å². The van der Waals surface area contributed by atoms with Crippen LogP contribution in [0.2, 0.25) is 0 Å². The minimum Gasteiger partial charge on any atom is -0.507 e. The second-order valence-corrected chi connectivity index (χ2v) is 10.3. The molecule has 4 bridgehead atoms. The van der Waals surface area contributed by atoms with E-state index in [4.69, 9.17) is 9.47 Å². The van der Waals surface area contributed by atoms with E-state index in [0.29, 0.717) is 21.2 Å². The first-order valence-corrected chi connectivity index (χ1v) is 11.0. The van der Waals surface area contributed by atoms with Gasteiger partial charge in [-0.2, -0.15) is 0 Å². The summed E-state index contributed by atoms with van der Waals surface area (Å²) in [4.78, 5) is 12.5. The number of carbonyl (C=O) groups is 1. The molecule has 0 atom stereocenters. The third-order valence-electron chi connectivity index (χ3n) is 6.44. The molecule has 0 heterocycles. The molecule has 0 aliphatic heterocycles. The normalized spacial score (nSPS) is 35.6. The van der Waals surface area contributed by atoms with Crippen molar-refractivity contribution in [1.82, 2.24) is 0 Å². The Morgan fingerprint density at radius 2 is 1.72 bits per heavy atom. The Bertz CT molecular complexity index is 675. The second-order valence-electron chi connectivity index (χ2n) is 7.99. The summed E-state index contributed by atoms with van der Waals surface area (Å²) in [5, 5.41) is 9.71. The number of halogens is 2. The number of benzene rings is 1. The minimum absolute atomic E-state index is 0.0846. The molecule has 0 radical (unpaired) electrons. The van der Waals surface area contributed by atoms with E-state index in [1.54, 1.807) is 12.1 Å². The van der Waals surface area contributed by atoms with Gasteiger partial charge in [-0.05, 0) is 120 Å². The zero-order valence-electron chi connectivity index (χ0n) is 14.1. The van der Waals surface area contributed by atoms with Crippen molar-refractivity contribution in [2.45, 2.75) is 44.6 Å². The van der Waals surface area contributed by atoms with Gasteiger partial charge >= 0.3 is 5.97 Å². The number of phenols is 1. The van der Waals surface area contributed by atoms with Crippen molar-refractivity contribution in [3.05, 3.63) is 19.3 Å². The first-order valence-electron chi connectivity index (χ1n) is 8.87. The minimum atomic E-state index is -0.315. The number of esters is 1. The highest BCUT2D eigenvalue weighted by Crippen LogP contribution is 2.59. The Morgan fingerprint density at radius 1 is 1.12 bits per heavy atom. The molecule has 1 N–H and O–H groups in total. The van der Waals surface area contributed by atoms with Gasteiger partial charge in [-0.15, -0.1) is 0 Å². The summed E-state index contributed by atoms with van der Waals surface area (Å²) in [6.45, 7) is 2.06. The van der Waals surface area contributed by atoms with Gasteiger partial charge in [0.25, 0.3) is 0 Å². The third-order valence-corrected chi connectivity index (χ3v) is 8.15. The maximum Gasteiger partial charge on any atom is 0.344 e. The van der Waals surface area contributed by atoms with Crippen LogP contribution >= 0.6 is 45.2 Å². The number of carbonyl (C=O) groups excluding carboxylic acids is 1. The van der Waals surface area contributed by atoms with E-state index >= 15 is 0 Å². The lowest BCUT2D eigenvalue weighted by Gasteiger charge is -2.59. The maximum atomic E-state index is 12.5. The fourth-order valence-electron chi connectivity index (χ4n) is 5.33. The van der Waals surface area contributed by atoms with E-state index in [1.807, 2.05) is 22.6 Å². The van der Waals surface area contributed by atoms with Crippen LogP contribution in [0.25, 0.3) is 0 Å². The molecule has 4 saturated carbocycles. The van der Waals surface area contributed by atoms with Crippen molar-refractivity contribution in [3.63, 3.8) is 0 Å². The average Bonchev–Trinajstić information content (AvgIpc) is 2.54. The molecule has 4 aliphatic rings. The van der Waals surface area contributed by atoms with Gasteiger partial charge in [-0.25, -0.2) is 4.79 Å². The molecule has 1 aromatic carbocycles. The van der Waals surface area contributed by atoms with Crippen molar-refractivity contribution in [1.29, 1.82) is 0 Å². The van der Waals surface area contributed by atoms with Gasteiger partial charge < -0.3 is 14.6 Å². The molecule has 6 heteroatoms. The molecule has 1 aromatic rings. The summed E-state index contributed by atoms with van der Waals surface area (Å²) >= 11 is 4.14. The number of aromatic hydroxyl groups is 1. The summed E-state index contributed by atoms with van der Waals surface area (Å²) < 4.78 is 13.2. The number of phenolic OH excluding ortho intramolecular Hbond substituents is 1. The lowest BCUT2D eigenvalue weighted by atomic mass is 9.50. The smallest absolute Gasteiger partial charge is 0.344 e. The first-order chi connectivity index (χ1) is 11.8. The van der Waals surface area contributed by atoms with Crippen molar-refractivity contribution in [3.8, 4) is 11.5 Å². The van der Waals surface area contributed by atoms with E-state index in [2.05, 4.69) is 29.5 Å². The van der Waals surface area contributed by atoms with Crippen LogP contribution in [-0.2, 0) is 9.53 Å². The highest BCUT2D eigenvalue weighted by Gasteiger charge is 2.57. The van der Waals surface area contributed by atoms with Crippen LogP contribution < -0.4 is 4.74 Å². The zero-order valence-corrected chi connectivity index (χ0v) is 18.4. The molecule has 25 heavy (non-hydrogen) atoms. The first kappa shape index (κ1) is 18.1. The quantitative estimate of drug-likeness (QED) is 0.422. The SMILES string of the molecule is CC1(OC(=O)COc2cc(I)c(O)cc2I)C2CC3CC(C2)CC1C3. The Kier molecular flexibility index (Phi) is 4.88. The monoisotopic (exact) mass is 568 g/mol. The summed E-state index contributed by atoms with van der Waals surface area (Å²) in [6.07, 6.45) is 6.24. The molecule has 136 valence electrons. The van der Waals surface area contributed by atoms with E-state index in [9.17, 15) is 9.90 Å². The molecule has 0 aromatic heterocycles. The molecule has 0 saturated heterocycles. The largest absolute Gasteiger partial charge is 0.507 e. The van der Waals surface area contributed by atoms with E-state index in [1.165, 1.54) is 32.1 Å². The van der Waals surface area contributed by atoms with Crippen LogP contribution in [0.4, 0.5) is 0 Å². The Balaban J connectivity index is 1.40. The average molecular weight is 568 g/mol. The van der Waals surface area contributed by atoms with Gasteiger partial charge in [0.15, 0.2) is 6.61 Å². The van der Waals surface area contributed by atoms with Crippen LogP contribution in [-0.4, -0.2) is 23.3 Å². The van der Waals surface area contributed by atoms with Crippen LogP contribution in [0.15, 0.2) is 12.1 Å². The summed E-state index contributed by atoms with van der Waals surface area (Å²) in [6, 6.07) is 3.39. The predicted octanol–water partition coefficient (Wildman–Crippen LogP) is 4.74. The van der Waals surface area contributed by atoms with Crippen molar-refractivity contribution in [2.75, 3.05) is 6.61 Å². The third kappa shape index (κ3) is 3.37. The zero-order chi connectivity index (χ0) is 17.8. The summed E-state index contributed by atoms with van der Waals surface area (Å²) in [5.41, 5.74) is -0.315. The Labute approximate surface area is 175 Å². The van der Waals surface area contributed by atoms with Gasteiger partial charge in [-0.3, -0.25) is 0 Å². The molecular formula is C19H22I2O4. The molecule has 0 unspecified atom stereocenters. The second kappa shape index (κ2) is 6.73. The van der Waals surface area contributed by atoms with Crippen molar-refractivity contribution < 1.29 is 19.4 Å². The molecule has 4 aliphatic carbocycles. The van der Waals surface area contributed by atoms with Crippen LogP contribution in [0.1, 0.15) is 39.0 Å². The van der Waals surface area contributed by atoms with Gasteiger partial charge in [0.05, 0.1) is 7.14 Å². The van der Waals surface area contributed by atoms with E-state index in [-0.39, 0.29) is 23.9 Å². The number of rotatable bonds is 4. The summed E-state index contributed by atoms with van der Waals surface area (Å²) in [5.74, 6) is 3.28. The fraction of sp³-hybridized carbons (Fsp3) is 0.632. The van der Waals surface area contributed by atoms with Gasteiger partial charge in [0, 0.05) is 0 Å². The Morgan fingerprint density at radius 3 is 2.32 bits per heavy atom.